The number of carbonyl (C=O) groups excluding carboxylic acids is 1. The van der Waals surface area contributed by atoms with Crippen molar-refractivity contribution < 1.29 is 14.1 Å². The molecule has 1 aromatic carbocycles. The van der Waals surface area contributed by atoms with Crippen molar-refractivity contribution in [1.82, 2.24) is 14.7 Å². The molecule has 0 atom stereocenters. The number of thioether (sulfide) groups is 1. The number of thiophene rings is 1. The third kappa shape index (κ3) is 4.39. The second-order valence-electron chi connectivity index (χ2n) is 6.43. The maximum atomic E-state index is 13.1. The highest BCUT2D eigenvalue weighted by molar-refractivity contribution is 7.99. The first-order chi connectivity index (χ1) is 14.5. The van der Waals surface area contributed by atoms with Crippen LogP contribution in [0.2, 0.25) is 0 Å². The summed E-state index contributed by atoms with van der Waals surface area (Å²) in [5.41, 5.74) is 1.40. The third-order valence-corrected chi connectivity index (χ3v) is 6.10. The monoisotopic (exact) mass is 442 g/mol. The number of benzene rings is 1. The van der Waals surface area contributed by atoms with E-state index in [1.165, 1.54) is 23.1 Å². The molecule has 4 rings (SSSR count). The van der Waals surface area contributed by atoms with E-state index >= 15 is 0 Å². The summed E-state index contributed by atoms with van der Waals surface area (Å²) >= 11 is 2.55. The van der Waals surface area contributed by atoms with E-state index in [4.69, 9.17) is 9.26 Å². The van der Waals surface area contributed by atoms with Crippen LogP contribution in [0.25, 0.3) is 10.2 Å². The highest BCUT2D eigenvalue weighted by Crippen LogP contribution is 2.23. The molecule has 0 bridgehead atoms. The van der Waals surface area contributed by atoms with Gasteiger partial charge in [-0.25, -0.2) is 4.98 Å². The van der Waals surface area contributed by atoms with Crippen molar-refractivity contribution in [1.29, 1.82) is 0 Å². The number of amides is 1. The number of nitrogens with one attached hydrogen (secondary N) is 1. The van der Waals surface area contributed by atoms with Crippen LogP contribution < -0.4 is 15.6 Å². The van der Waals surface area contributed by atoms with Crippen LogP contribution in [0.4, 0.5) is 5.82 Å². The summed E-state index contributed by atoms with van der Waals surface area (Å²) in [6.45, 7) is 2.07. The highest BCUT2D eigenvalue weighted by Gasteiger charge is 2.15. The average molecular weight is 443 g/mol. The molecule has 4 aromatic rings. The van der Waals surface area contributed by atoms with Gasteiger partial charge >= 0.3 is 0 Å². The lowest BCUT2D eigenvalue weighted by Crippen LogP contribution is -2.24. The number of hydrogen-bond donors (Lipinski definition) is 1. The van der Waals surface area contributed by atoms with Crippen LogP contribution >= 0.6 is 23.1 Å². The van der Waals surface area contributed by atoms with Gasteiger partial charge in [-0.2, -0.15) is 0 Å². The van der Waals surface area contributed by atoms with E-state index in [-0.39, 0.29) is 17.2 Å². The average Bonchev–Trinajstić information content (AvgIpc) is 3.37. The first-order valence-electron chi connectivity index (χ1n) is 9.00. The lowest BCUT2D eigenvalue weighted by molar-refractivity contribution is -0.113. The van der Waals surface area contributed by atoms with Gasteiger partial charge in [0.05, 0.1) is 24.9 Å². The summed E-state index contributed by atoms with van der Waals surface area (Å²) in [6.07, 6.45) is 0. The Labute approximate surface area is 179 Å². The molecule has 30 heavy (non-hydrogen) atoms. The standard InChI is InChI=1S/C20H18N4O4S2/c1-12-8-16(23-28-12)22-17(25)11-30-20-21-15-6-7-29-18(15)19(26)24(20)10-13-4-3-5-14(9-13)27-2/h3-9H,10-11H2,1-2H3,(H,22,23,25). The Kier molecular flexibility index (Phi) is 5.86. The molecule has 1 amide bonds. The van der Waals surface area contributed by atoms with Crippen molar-refractivity contribution in [3.05, 3.63) is 63.5 Å². The van der Waals surface area contributed by atoms with E-state index in [9.17, 15) is 9.59 Å². The van der Waals surface area contributed by atoms with Gasteiger partial charge in [-0.05, 0) is 36.1 Å². The number of ether oxygens (including phenoxy) is 1. The predicted octanol–water partition coefficient (Wildman–Crippen LogP) is 3.54. The third-order valence-electron chi connectivity index (χ3n) is 4.23. The number of nitrogens with zero attached hydrogens (tertiary/aromatic N) is 3. The van der Waals surface area contributed by atoms with Gasteiger partial charge in [-0.1, -0.05) is 29.1 Å². The number of hydrogen-bond acceptors (Lipinski definition) is 8. The maximum absolute atomic E-state index is 13.1. The number of carbonyl (C=O) groups is 1. The molecule has 1 N–H and O–H groups in total. The molecule has 0 saturated heterocycles. The first kappa shape index (κ1) is 20.2. The van der Waals surface area contributed by atoms with Crippen LogP contribution in [0.1, 0.15) is 11.3 Å². The quantitative estimate of drug-likeness (QED) is 0.345. The molecule has 0 aliphatic rings. The number of methoxy groups -OCH3 is 1. The normalized spacial score (nSPS) is 11.0. The fraction of sp³-hybridized carbons (Fsp3) is 0.200. The number of rotatable bonds is 7. The van der Waals surface area contributed by atoms with Gasteiger partial charge in [0, 0.05) is 6.07 Å². The van der Waals surface area contributed by atoms with E-state index in [1.807, 2.05) is 29.6 Å². The molecule has 8 nitrogen and oxygen atoms in total. The van der Waals surface area contributed by atoms with Gasteiger partial charge in [0.1, 0.15) is 16.2 Å². The summed E-state index contributed by atoms with van der Waals surface area (Å²) in [5.74, 6) is 1.48. The summed E-state index contributed by atoms with van der Waals surface area (Å²) in [6, 6.07) is 11.0. The van der Waals surface area contributed by atoms with Crippen molar-refractivity contribution >= 4 is 45.0 Å². The Morgan fingerprint density at radius 1 is 1.33 bits per heavy atom. The lowest BCUT2D eigenvalue weighted by Gasteiger charge is -2.12. The van der Waals surface area contributed by atoms with Crippen molar-refractivity contribution in [3.63, 3.8) is 0 Å². The Morgan fingerprint density at radius 2 is 2.20 bits per heavy atom. The van der Waals surface area contributed by atoms with Crippen molar-refractivity contribution in [2.24, 2.45) is 0 Å². The van der Waals surface area contributed by atoms with Gasteiger partial charge in [-0.3, -0.25) is 14.2 Å². The van der Waals surface area contributed by atoms with Crippen LogP contribution in [0, 0.1) is 6.92 Å². The molecule has 0 aliphatic heterocycles. The SMILES string of the molecule is COc1cccc(Cn2c(SCC(=O)Nc3cc(C)on3)nc3ccsc3c2=O)c1. The minimum Gasteiger partial charge on any atom is -0.497 e. The minimum atomic E-state index is -0.263. The molecule has 0 unspecified atom stereocenters. The molecular formula is C20H18N4O4S2. The van der Waals surface area contributed by atoms with Gasteiger partial charge in [0.25, 0.3) is 5.56 Å². The number of aromatic nitrogens is 3. The number of anilines is 1. The summed E-state index contributed by atoms with van der Waals surface area (Å²) < 4.78 is 12.4. The minimum absolute atomic E-state index is 0.0755. The number of fused-ring (bicyclic) bond motifs is 1. The van der Waals surface area contributed by atoms with Gasteiger partial charge < -0.3 is 14.6 Å². The molecule has 0 fully saturated rings. The Morgan fingerprint density at radius 3 is 2.97 bits per heavy atom. The first-order valence-corrected chi connectivity index (χ1v) is 10.9. The molecule has 3 aromatic heterocycles. The Hall–Kier alpha value is -3.11. The van der Waals surface area contributed by atoms with Crippen LogP contribution in [-0.4, -0.2) is 33.5 Å². The number of aryl methyl sites for hydroxylation is 1. The topological polar surface area (TPSA) is 99.2 Å². The van der Waals surface area contributed by atoms with Crippen LogP contribution in [0.5, 0.6) is 5.75 Å². The Bertz CT molecular complexity index is 1260. The summed E-state index contributed by atoms with van der Waals surface area (Å²) in [5, 5.41) is 8.73. The fourth-order valence-electron chi connectivity index (χ4n) is 2.86. The van der Waals surface area contributed by atoms with Crippen LogP contribution in [-0.2, 0) is 11.3 Å². The van der Waals surface area contributed by atoms with Crippen molar-refractivity contribution in [3.8, 4) is 5.75 Å². The Balaban J connectivity index is 1.60. The molecule has 0 saturated carbocycles. The smallest absolute Gasteiger partial charge is 0.272 e. The van der Waals surface area contributed by atoms with Gasteiger partial charge in [-0.15, -0.1) is 11.3 Å². The van der Waals surface area contributed by atoms with Crippen molar-refractivity contribution in [2.45, 2.75) is 18.6 Å². The van der Waals surface area contributed by atoms with Gasteiger partial charge in [0.2, 0.25) is 5.91 Å². The lowest BCUT2D eigenvalue weighted by atomic mass is 10.2. The zero-order valence-electron chi connectivity index (χ0n) is 16.2. The zero-order chi connectivity index (χ0) is 21.1. The molecule has 0 radical (unpaired) electrons. The summed E-state index contributed by atoms with van der Waals surface area (Å²) in [4.78, 5) is 30.0. The van der Waals surface area contributed by atoms with E-state index < -0.39 is 0 Å². The molecule has 10 heteroatoms. The second kappa shape index (κ2) is 8.72. The fourth-order valence-corrected chi connectivity index (χ4v) is 4.44. The van der Waals surface area contributed by atoms with E-state index in [1.54, 1.807) is 30.7 Å². The molecule has 0 spiro atoms. The molecular weight excluding hydrogens is 424 g/mol. The largest absolute Gasteiger partial charge is 0.497 e. The zero-order valence-corrected chi connectivity index (χ0v) is 17.9. The van der Waals surface area contributed by atoms with Crippen LogP contribution in [0.15, 0.2) is 56.3 Å². The second-order valence-corrected chi connectivity index (χ2v) is 8.29. The van der Waals surface area contributed by atoms with E-state index in [0.29, 0.717) is 39.2 Å². The van der Waals surface area contributed by atoms with Gasteiger partial charge in [0.15, 0.2) is 11.0 Å². The summed E-state index contributed by atoms with van der Waals surface area (Å²) in [7, 11) is 1.60. The van der Waals surface area contributed by atoms with E-state index in [0.717, 1.165) is 5.56 Å². The maximum Gasteiger partial charge on any atom is 0.272 e. The van der Waals surface area contributed by atoms with Crippen LogP contribution in [0.3, 0.4) is 0 Å². The highest BCUT2D eigenvalue weighted by atomic mass is 32.2. The predicted molar refractivity (Wildman–Crippen MR) is 117 cm³/mol. The van der Waals surface area contributed by atoms with Crippen molar-refractivity contribution in [2.75, 3.05) is 18.2 Å². The van der Waals surface area contributed by atoms with E-state index in [2.05, 4.69) is 15.5 Å². The molecule has 3 heterocycles. The molecule has 0 aliphatic carbocycles. The molecule has 154 valence electrons.